The molecule has 326 valence electrons. The van der Waals surface area contributed by atoms with E-state index >= 15 is 0 Å². The van der Waals surface area contributed by atoms with Crippen LogP contribution in [0.4, 0.5) is 0 Å². The quantitative estimate of drug-likeness (QED) is 0.205. The Kier molecular flexibility index (Phi) is 12.3. The summed E-state index contributed by atoms with van der Waals surface area (Å²) in [6.45, 7) is 25.3. The van der Waals surface area contributed by atoms with Crippen LogP contribution in [0.25, 0.3) is 0 Å². The molecule has 0 amide bonds. The van der Waals surface area contributed by atoms with E-state index in [0.29, 0.717) is 46.3 Å². The molecule has 6 saturated carbocycles. The molecule has 2 N–H and O–H groups in total. The van der Waals surface area contributed by atoms with Crippen molar-refractivity contribution in [2.24, 2.45) is 103 Å². The Morgan fingerprint density at radius 2 is 0.914 bits per heavy atom. The Bertz CT molecular complexity index is 1500. The molecule has 4 heteroatoms. The van der Waals surface area contributed by atoms with Crippen molar-refractivity contribution in [3.8, 4) is 0 Å². The fourth-order valence-corrected chi connectivity index (χ4v) is 17.2. The fraction of sp³-hybridized carbons (Fsp3) is 0.889. The van der Waals surface area contributed by atoms with Gasteiger partial charge in [-0.15, -0.1) is 0 Å². The third-order valence-corrected chi connectivity index (χ3v) is 20.6. The van der Waals surface area contributed by atoms with Crippen LogP contribution in [-0.4, -0.2) is 33.8 Å². The van der Waals surface area contributed by atoms with Crippen LogP contribution in [-0.2, 0) is 0 Å². The number of rotatable bonds is 11. The molecule has 58 heavy (non-hydrogen) atoms. The second-order valence-electron chi connectivity index (χ2n) is 24.6. The van der Waals surface area contributed by atoms with Crippen LogP contribution in [0.15, 0.2) is 33.5 Å². The number of aliphatic hydroxyl groups is 2. The Hall–Kier alpha value is -1.26. The Morgan fingerprint density at radius 3 is 1.29 bits per heavy atom. The van der Waals surface area contributed by atoms with Crippen LogP contribution in [0, 0.1) is 92.7 Å². The fourth-order valence-electron chi connectivity index (χ4n) is 17.2. The molecule has 0 bridgehead atoms. The molecular formula is C54H88N2O2. The molecule has 0 spiro atoms. The van der Waals surface area contributed by atoms with Crippen LogP contribution in [0.5, 0.6) is 0 Å². The highest BCUT2D eigenvalue weighted by Crippen LogP contribution is 2.69. The van der Waals surface area contributed by atoms with Gasteiger partial charge in [-0.05, 0) is 183 Å². The van der Waals surface area contributed by atoms with Gasteiger partial charge in [0.05, 0.1) is 23.6 Å². The maximum atomic E-state index is 11.1. The molecule has 8 aliphatic rings. The van der Waals surface area contributed by atoms with Crippen molar-refractivity contribution in [3.63, 3.8) is 0 Å². The largest absolute Gasteiger partial charge is 0.393 e. The Labute approximate surface area is 356 Å². The summed E-state index contributed by atoms with van der Waals surface area (Å²) in [5.41, 5.74) is 6.48. The van der Waals surface area contributed by atoms with Crippen LogP contribution in [0.3, 0.4) is 0 Å². The van der Waals surface area contributed by atoms with Gasteiger partial charge in [0.15, 0.2) is 0 Å². The summed E-state index contributed by atoms with van der Waals surface area (Å²) in [6, 6.07) is 0. The van der Waals surface area contributed by atoms with Crippen molar-refractivity contribution < 1.29 is 10.2 Å². The van der Waals surface area contributed by atoms with E-state index in [1.165, 1.54) is 112 Å². The maximum absolute atomic E-state index is 11.1. The molecule has 8 aliphatic carbocycles. The van der Waals surface area contributed by atoms with Crippen molar-refractivity contribution in [2.75, 3.05) is 0 Å². The highest BCUT2D eigenvalue weighted by molar-refractivity contribution is 6.02. The zero-order valence-electron chi connectivity index (χ0n) is 39.2. The first kappa shape index (κ1) is 43.4. The summed E-state index contributed by atoms with van der Waals surface area (Å²) in [7, 11) is 0. The highest BCUT2D eigenvalue weighted by atomic mass is 16.3. The summed E-state index contributed by atoms with van der Waals surface area (Å²) >= 11 is 0. The Morgan fingerprint density at radius 1 is 0.517 bits per heavy atom. The molecule has 0 saturated heterocycles. The average molecular weight is 797 g/mol. The van der Waals surface area contributed by atoms with E-state index in [9.17, 15) is 10.2 Å². The van der Waals surface area contributed by atoms with Gasteiger partial charge in [0.2, 0.25) is 0 Å². The van der Waals surface area contributed by atoms with E-state index in [0.717, 1.165) is 74.0 Å². The molecule has 16 atom stereocenters. The van der Waals surface area contributed by atoms with Crippen molar-refractivity contribution in [1.82, 2.24) is 0 Å². The third-order valence-electron chi connectivity index (χ3n) is 20.6. The van der Waals surface area contributed by atoms with E-state index in [2.05, 4.69) is 81.4 Å². The Balaban J connectivity index is 1.17. The van der Waals surface area contributed by atoms with Crippen molar-refractivity contribution in [2.45, 2.75) is 210 Å². The van der Waals surface area contributed by atoms with E-state index in [4.69, 9.17) is 10.2 Å². The zero-order chi connectivity index (χ0) is 41.4. The van der Waals surface area contributed by atoms with Gasteiger partial charge in [-0.1, -0.05) is 119 Å². The molecule has 0 radical (unpaired) electrons. The molecule has 4 nitrogen and oxygen atoms in total. The van der Waals surface area contributed by atoms with Gasteiger partial charge in [0.25, 0.3) is 0 Å². The molecule has 8 rings (SSSR count). The topological polar surface area (TPSA) is 65.2 Å². The van der Waals surface area contributed by atoms with Gasteiger partial charge in [0.1, 0.15) is 0 Å². The molecule has 0 aliphatic heterocycles. The van der Waals surface area contributed by atoms with Crippen LogP contribution < -0.4 is 0 Å². The van der Waals surface area contributed by atoms with Crippen LogP contribution in [0.2, 0.25) is 0 Å². The third kappa shape index (κ3) is 7.44. The minimum absolute atomic E-state index is 0.159. The summed E-state index contributed by atoms with van der Waals surface area (Å²) in [4.78, 5) is 0. The smallest absolute Gasteiger partial charge is 0.0667 e. The van der Waals surface area contributed by atoms with Gasteiger partial charge in [-0.2, -0.15) is 10.2 Å². The van der Waals surface area contributed by atoms with E-state index in [-0.39, 0.29) is 23.0 Å². The number of hydrogen-bond acceptors (Lipinski definition) is 4. The van der Waals surface area contributed by atoms with Gasteiger partial charge in [0, 0.05) is 11.8 Å². The number of hydrogen-bond donors (Lipinski definition) is 2. The lowest BCUT2D eigenvalue weighted by Gasteiger charge is -2.58. The summed E-state index contributed by atoms with van der Waals surface area (Å²) in [6.07, 6.45) is 29.1. The highest BCUT2D eigenvalue weighted by Gasteiger charge is 2.63. The normalized spacial score (nSPS) is 47.1. The van der Waals surface area contributed by atoms with Gasteiger partial charge in [-0.3, -0.25) is 0 Å². The molecule has 0 heterocycles. The molecule has 0 aromatic rings. The van der Waals surface area contributed by atoms with Crippen LogP contribution >= 0.6 is 0 Å². The standard InChI is InChI=1S/C54H88N2O2/c1-33(2)13-11-15-35(5)41-17-19-43-49-45(23-27-53(41,43)9)51(7)25-21-39(57)29-37(51)31-47(49)55-56-48-32-38-30-40(58)22-26-52(38,8)46-24-28-54(10)42(18-20-44(54)50(46)48)36(6)16-12-14-34(3)4/h31-36,39-46,49-50,57-58H,11-30H2,1-10H3/b55-47+,56-48+/t35-,36-,39+,40+,41-,42-,43?,44?,45+,46+,49?,50?,51+,52+,53-,54-/m1/s1. The van der Waals surface area contributed by atoms with Gasteiger partial charge < -0.3 is 10.2 Å². The van der Waals surface area contributed by atoms with Crippen molar-refractivity contribution >= 4 is 11.4 Å². The second-order valence-corrected chi connectivity index (χ2v) is 24.6. The number of allylic oxidation sites excluding steroid dienone is 2. The second kappa shape index (κ2) is 16.5. The summed E-state index contributed by atoms with van der Waals surface area (Å²) in [5.74, 6) is 8.13. The molecule has 0 aromatic carbocycles. The summed E-state index contributed by atoms with van der Waals surface area (Å²) < 4.78 is 0. The van der Waals surface area contributed by atoms with Gasteiger partial charge in [-0.25, -0.2) is 0 Å². The number of fused-ring (bicyclic) bond motifs is 10. The minimum Gasteiger partial charge on any atom is -0.393 e. The van der Waals surface area contributed by atoms with Crippen LogP contribution in [0.1, 0.15) is 198 Å². The molecule has 4 unspecified atom stereocenters. The van der Waals surface area contributed by atoms with E-state index < -0.39 is 0 Å². The molecular weight excluding hydrogens is 709 g/mol. The number of aliphatic hydroxyl groups excluding tert-OH is 2. The van der Waals surface area contributed by atoms with Crippen molar-refractivity contribution in [3.05, 3.63) is 23.3 Å². The molecule has 6 fully saturated rings. The van der Waals surface area contributed by atoms with E-state index in [1.54, 1.807) is 0 Å². The minimum atomic E-state index is -0.234. The lowest BCUT2D eigenvalue weighted by molar-refractivity contribution is -0.0307. The predicted octanol–water partition coefficient (Wildman–Crippen LogP) is 13.8. The summed E-state index contributed by atoms with van der Waals surface area (Å²) in [5, 5.41) is 33.4. The van der Waals surface area contributed by atoms with E-state index in [1.807, 2.05) is 0 Å². The van der Waals surface area contributed by atoms with Gasteiger partial charge >= 0.3 is 0 Å². The number of nitrogens with zero attached hydrogens (tertiary/aromatic N) is 2. The SMILES string of the molecule is CC(C)CCC[C@@H](C)[C@H]1CCC2C3/C(=N/N=C4\C=C5C[C@@H](O)CC[C@]5(C)[C@H]5CC[C@@]6(C)C(CC[C@@H]6[C@H](C)CCCC(C)C)C45)C=C4C[C@@H](O)CC[C@]4(C)[C@H]3CC[C@@]21C. The first-order valence-corrected chi connectivity index (χ1v) is 25.4. The lowest BCUT2D eigenvalue weighted by Crippen LogP contribution is -2.54. The monoisotopic (exact) mass is 797 g/mol. The molecule has 0 aromatic heterocycles. The maximum Gasteiger partial charge on any atom is 0.0667 e. The van der Waals surface area contributed by atoms with Crippen molar-refractivity contribution in [1.29, 1.82) is 0 Å². The first-order valence-electron chi connectivity index (χ1n) is 25.4. The zero-order valence-corrected chi connectivity index (χ0v) is 39.2. The first-order chi connectivity index (χ1) is 27.5. The average Bonchev–Trinajstić information content (AvgIpc) is 3.71. The predicted molar refractivity (Wildman–Crippen MR) is 244 cm³/mol. The lowest BCUT2D eigenvalue weighted by atomic mass is 9.46.